The number of carbonyl (C=O) groups is 2. The molecule has 0 aromatic heterocycles. The van der Waals surface area contributed by atoms with Crippen LogP contribution in [0.15, 0.2) is 54.6 Å². The Morgan fingerprint density at radius 1 is 1.04 bits per heavy atom. The van der Waals surface area contributed by atoms with E-state index in [0.29, 0.717) is 18.8 Å². The first-order valence-electron chi connectivity index (χ1n) is 8.20. The Kier molecular flexibility index (Phi) is 6.55. The molecule has 0 spiro atoms. The molecular formula is C20H23NO3. The zero-order valence-corrected chi connectivity index (χ0v) is 13.9. The van der Waals surface area contributed by atoms with Gasteiger partial charge in [0.1, 0.15) is 0 Å². The molecule has 0 saturated heterocycles. The highest BCUT2D eigenvalue weighted by Crippen LogP contribution is 2.20. The van der Waals surface area contributed by atoms with Crippen LogP contribution in [0, 0.1) is 0 Å². The molecule has 126 valence electrons. The first-order chi connectivity index (χ1) is 11.5. The van der Waals surface area contributed by atoms with Gasteiger partial charge in [-0.25, -0.2) is 0 Å². The van der Waals surface area contributed by atoms with E-state index < -0.39 is 5.97 Å². The van der Waals surface area contributed by atoms with Crippen molar-refractivity contribution in [1.82, 2.24) is 0 Å². The molecule has 1 unspecified atom stereocenters. The van der Waals surface area contributed by atoms with Crippen LogP contribution >= 0.6 is 0 Å². The summed E-state index contributed by atoms with van der Waals surface area (Å²) in [5.74, 6) is -0.508. The number of rotatable bonds is 8. The van der Waals surface area contributed by atoms with Crippen molar-refractivity contribution < 1.29 is 14.7 Å². The molecule has 4 nitrogen and oxygen atoms in total. The molecule has 2 aromatic rings. The van der Waals surface area contributed by atoms with Gasteiger partial charge in [-0.1, -0.05) is 49.4 Å². The van der Waals surface area contributed by atoms with Gasteiger partial charge in [-0.3, -0.25) is 9.59 Å². The summed E-state index contributed by atoms with van der Waals surface area (Å²) in [5, 5.41) is 11.6. The quantitative estimate of drug-likeness (QED) is 0.763. The van der Waals surface area contributed by atoms with Crippen LogP contribution in [-0.2, 0) is 16.0 Å². The third kappa shape index (κ3) is 5.88. The Morgan fingerprint density at radius 2 is 1.79 bits per heavy atom. The van der Waals surface area contributed by atoms with Gasteiger partial charge in [0.2, 0.25) is 5.91 Å². The van der Waals surface area contributed by atoms with Crippen molar-refractivity contribution in [3.05, 3.63) is 65.7 Å². The second-order valence-corrected chi connectivity index (χ2v) is 5.99. The van der Waals surface area contributed by atoms with Gasteiger partial charge in [0.25, 0.3) is 0 Å². The maximum absolute atomic E-state index is 12.1. The summed E-state index contributed by atoms with van der Waals surface area (Å²) in [7, 11) is 0. The van der Waals surface area contributed by atoms with Crippen molar-refractivity contribution in [3.8, 4) is 0 Å². The third-order valence-electron chi connectivity index (χ3n) is 4.01. The lowest BCUT2D eigenvalue weighted by Gasteiger charge is -2.12. The van der Waals surface area contributed by atoms with Gasteiger partial charge in [0.15, 0.2) is 0 Å². The molecule has 0 aliphatic rings. The van der Waals surface area contributed by atoms with Crippen molar-refractivity contribution >= 4 is 17.6 Å². The fraction of sp³-hybridized carbons (Fsp3) is 0.300. The summed E-state index contributed by atoms with van der Waals surface area (Å²) in [5.41, 5.74) is 2.86. The Bertz CT molecular complexity index is 682. The molecular weight excluding hydrogens is 302 g/mol. The summed E-state index contributed by atoms with van der Waals surface area (Å²) in [4.78, 5) is 22.8. The number of amides is 1. The Hall–Kier alpha value is -2.62. The van der Waals surface area contributed by atoms with E-state index in [4.69, 9.17) is 5.11 Å². The van der Waals surface area contributed by atoms with E-state index >= 15 is 0 Å². The Labute approximate surface area is 142 Å². The van der Waals surface area contributed by atoms with E-state index in [1.165, 1.54) is 5.56 Å². The molecule has 0 fully saturated rings. The SMILES string of the molecule is CC(CCC(=O)Nc1cccc(CCC(=O)O)c1)c1ccccc1. The van der Waals surface area contributed by atoms with E-state index in [1.54, 1.807) is 0 Å². The largest absolute Gasteiger partial charge is 0.481 e. The zero-order valence-electron chi connectivity index (χ0n) is 13.9. The molecule has 4 heteroatoms. The van der Waals surface area contributed by atoms with Crippen LogP contribution in [0.3, 0.4) is 0 Å². The van der Waals surface area contributed by atoms with Crippen molar-refractivity contribution in [2.24, 2.45) is 0 Å². The van der Waals surface area contributed by atoms with Crippen molar-refractivity contribution in [3.63, 3.8) is 0 Å². The summed E-state index contributed by atoms with van der Waals surface area (Å²) in [6.07, 6.45) is 1.79. The lowest BCUT2D eigenvalue weighted by atomic mass is 9.96. The molecule has 2 aromatic carbocycles. The van der Waals surface area contributed by atoms with E-state index in [9.17, 15) is 9.59 Å². The predicted molar refractivity (Wildman–Crippen MR) is 95.1 cm³/mol. The van der Waals surface area contributed by atoms with Crippen molar-refractivity contribution in [2.75, 3.05) is 5.32 Å². The summed E-state index contributed by atoms with van der Waals surface area (Å²) in [6, 6.07) is 17.5. The molecule has 1 atom stereocenters. The lowest BCUT2D eigenvalue weighted by Crippen LogP contribution is -2.12. The van der Waals surface area contributed by atoms with Gasteiger partial charge in [-0.05, 0) is 42.0 Å². The number of hydrogen-bond acceptors (Lipinski definition) is 2. The normalized spacial score (nSPS) is 11.7. The van der Waals surface area contributed by atoms with Gasteiger partial charge in [0.05, 0.1) is 0 Å². The van der Waals surface area contributed by atoms with Crippen LogP contribution in [0.25, 0.3) is 0 Å². The van der Waals surface area contributed by atoms with E-state index in [0.717, 1.165) is 17.7 Å². The second kappa shape index (κ2) is 8.87. The lowest BCUT2D eigenvalue weighted by molar-refractivity contribution is -0.137. The van der Waals surface area contributed by atoms with Crippen LogP contribution in [0.4, 0.5) is 5.69 Å². The van der Waals surface area contributed by atoms with Gasteiger partial charge >= 0.3 is 5.97 Å². The van der Waals surface area contributed by atoms with Crippen molar-refractivity contribution in [2.45, 2.75) is 38.5 Å². The summed E-state index contributed by atoms with van der Waals surface area (Å²) < 4.78 is 0. The standard InChI is InChI=1S/C20H23NO3/c1-15(17-7-3-2-4-8-17)10-12-19(22)21-18-9-5-6-16(14-18)11-13-20(23)24/h2-9,14-15H,10-13H2,1H3,(H,21,22)(H,23,24). The van der Waals surface area contributed by atoms with Gasteiger partial charge in [-0.2, -0.15) is 0 Å². The Balaban J connectivity index is 1.84. The first kappa shape index (κ1) is 17.7. The molecule has 0 aliphatic carbocycles. The van der Waals surface area contributed by atoms with Gasteiger partial charge in [0, 0.05) is 18.5 Å². The van der Waals surface area contributed by atoms with Crippen LogP contribution in [-0.4, -0.2) is 17.0 Å². The second-order valence-electron chi connectivity index (χ2n) is 5.99. The number of anilines is 1. The fourth-order valence-electron chi connectivity index (χ4n) is 2.58. The predicted octanol–water partition coefficient (Wildman–Crippen LogP) is 4.23. The van der Waals surface area contributed by atoms with Crippen LogP contribution in [0.5, 0.6) is 0 Å². The highest BCUT2D eigenvalue weighted by Gasteiger charge is 2.09. The molecule has 2 rings (SSSR count). The van der Waals surface area contributed by atoms with Crippen LogP contribution in [0.1, 0.15) is 43.2 Å². The molecule has 0 heterocycles. The number of carboxylic acid groups (broad SMARTS) is 1. The minimum atomic E-state index is -0.820. The van der Waals surface area contributed by atoms with E-state index in [2.05, 4.69) is 24.4 Å². The number of carbonyl (C=O) groups excluding carboxylic acids is 1. The number of aliphatic carboxylic acids is 1. The number of hydrogen-bond donors (Lipinski definition) is 2. The minimum absolute atomic E-state index is 0.0202. The number of aryl methyl sites for hydroxylation is 1. The number of carboxylic acids is 1. The molecule has 0 saturated carbocycles. The van der Waals surface area contributed by atoms with Crippen molar-refractivity contribution in [1.29, 1.82) is 0 Å². The zero-order chi connectivity index (χ0) is 17.4. The number of benzene rings is 2. The average molecular weight is 325 g/mol. The average Bonchev–Trinajstić information content (AvgIpc) is 2.59. The molecule has 1 amide bonds. The van der Waals surface area contributed by atoms with Crippen LogP contribution in [0.2, 0.25) is 0 Å². The first-order valence-corrected chi connectivity index (χ1v) is 8.20. The fourth-order valence-corrected chi connectivity index (χ4v) is 2.58. The molecule has 2 N–H and O–H groups in total. The third-order valence-corrected chi connectivity index (χ3v) is 4.01. The molecule has 0 aliphatic heterocycles. The highest BCUT2D eigenvalue weighted by atomic mass is 16.4. The molecule has 24 heavy (non-hydrogen) atoms. The summed E-state index contributed by atoms with van der Waals surface area (Å²) in [6.45, 7) is 2.12. The molecule has 0 radical (unpaired) electrons. The maximum Gasteiger partial charge on any atom is 0.303 e. The minimum Gasteiger partial charge on any atom is -0.481 e. The topological polar surface area (TPSA) is 66.4 Å². The van der Waals surface area contributed by atoms with Crippen LogP contribution < -0.4 is 5.32 Å². The van der Waals surface area contributed by atoms with E-state index in [-0.39, 0.29) is 12.3 Å². The van der Waals surface area contributed by atoms with Gasteiger partial charge in [-0.15, -0.1) is 0 Å². The maximum atomic E-state index is 12.1. The van der Waals surface area contributed by atoms with Gasteiger partial charge < -0.3 is 10.4 Å². The Morgan fingerprint density at radius 3 is 2.50 bits per heavy atom. The molecule has 0 bridgehead atoms. The smallest absolute Gasteiger partial charge is 0.303 e. The highest BCUT2D eigenvalue weighted by molar-refractivity contribution is 5.90. The number of nitrogens with one attached hydrogen (secondary N) is 1. The monoisotopic (exact) mass is 325 g/mol. The summed E-state index contributed by atoms with van der Waals surface area (Å²) >= 11 is 0. The van der Waals surface area contributed by atoms with E-state index in [1.807, 2.05) is 42.5 Å².